The standard InChI is InChI=1S/C15H22F3N3O2/c1-9-7-20(12(22)14(5,23)15(16,17)18)8-10-6-19-21(11(9)10)13(2,3)4/h6,9,23H,7-8H2,1-5H3/t9-,14?/m1/s1. The molecule has 0 spiro atoms. The maximum absolute atomic E-state index is 12.9. The van der Waals surface area contributed by atoms with Crippen LogP contribution < -0.4 is 0 Å². The van der Waals surface area contributed by atoms with Gasteiger partial charge in [0.1, 0.15) is 0 Å². The van der Waals surface area contributed by atoms with Crippen LogP contribution in [0.4, 0.5) is 13.2 Å². The number of alkyl halides is 3. The number of aliphatic hydroxyl groups is 1. The van der Waals surface area contributed by atoms with Crippen LogP contribution in [0.5, 0.6) is 0 Å². The second kappa shape index (κ2) is 5.22. The highest BCUT2D eigenvalue weighted by Crippen LogP contribution is 2.36. The molecule has 0 aromatic carbocycles. The van der Waals surface area contributed by atoms with E-state index in [1.54, 1.807) is 6.20 Å². The zero-order valence-electron chi connectivity index (χ0n) is 13.9. The largest absolute Gasteiger partial charge is 0.426 e. The van der Waals surface area contributed by atoms with E-state index in [9.17, 15) is 23.1 Å². The summed E-state index contributed by atoms with van der Waals surface area (Å²) in [6.45, 7) is 8.41. The van der Waals surface area contributed by atoms with Gasteiger partial charge in [-0.2, -0.15) is 18.3 Å². The van der Waals surface area contributed by atoms with Crippen molar-refractivity contribution in [1.82, 2.24) is 14.7 Å². The minimum atomic E-state index is -5.01. The molecule has 8 heteroatoms. The number of hydrogen-bond acceptors (Lipinski definition) is 3. The fourth-order valence-corrected chi connectivity index (χ4v) is 2.84. The van der Waals surface area contributed by atoms with Crippen LogP contribution in [0.3, 0.4) is 0 Å². The molecule has 0 bridgehead atoms. The van der Waals surface area contributed by atoms with Gasteiger partial charge in [-0.1, -0.05) is 6.92 Å². The maximum atomic E-state index is 12.9. The molecule has 1 unspecified atom stereocenters. The SMILES string of the molecule is C[C@@H]1CN(C(=O)C(C)(O)C(F)(F)F)Cc2cnn(C(C)(C)C)c21. The molecule has 130 valence electrons. The van der Waals surface area contributed by atoms with E-state index in [1.807, 2.05) is 32.4 Å². The fraction of sp³-hybridized carbons (Fsp3) is 0.733. The van der Waals surface area contributed by atoms with Crippen molar-refractivity contribution in [1.29, 1.82) is 0 Å². The van der Waals surface area contributed by atoms with Crippen LogP contribution in [0.25, 0.3) is 0 Å². The lowest BCUT2D eigenvalue weighted by Gasteiger charge is -2.37. The van der Waals surface area contributed by atoms with Crippen molar-refractivity contribution in [3.05, 3.63) is 17.5 Å². The fourth-order valence-electron chi connectivity index (χ4n) is 2.84. The molecule has 0 saturated heterocycles. The summed E-state index contributed by atoms with van der Waals surface area (Å²) in [5.74, 6) is -1.50. The Hall–Kier alpha value is -1.57. The molecule has 5 nitrogen and oxygen atoms in total. The van der Waals surface area contributed by atoms with Gasteiger partial charge in [-0.3, -0.25) is 9.48 Å². The topological polar surface area (TPSA) is 58.4 Å². The van der Waals surface area contributed by atoms with E-state index in [0.717, 1.165) is 10.6 Å². The first-order valence-corrected chi connectivity index (χ1v) is 7.42. The molecule has 0 radical (unpaired) electrons. The van der Waals surface area contributed by atoms with Crippen LogP contribution in [-0.4, -0.2) is 44.0 Å². The molecule has 1 aliphatic heterocycles. The second-order valence-corrected chi connectivity index (χ2v) is 7.29. The number of aromatic nitrogens is 2. The molecule has 1 aliphatic rings. The van der Waals surface area contributed by atoms with Gasteiger partial charge in [-0.05, 0) is 27.7 Å². The Morgan fingerprint density at radius 1 is 1.30 bits per heavy atom. The maximum Gasteiger partial charge on any atom is 0.426 e. The highest BCUT2D eigenvalue weighted by atomic mass is 19.4. The van der Waals surface area contributed by atoms with Crippen LogP contribution in [0.2, 0.25) is 0 Å². The van der Waals surface area contributed by atoms with Crippen molar-refractivity contribution in [2.45, 2.75) is 64.4 Å². The first kappa shape index (κ1) is 17.8. The van der Waals surface area contributed by atoms with E-state index in [-0.39, 0.29) is 24.5 Å². The summed E-state index contributed by atoms with van der Waals surface area (Å²) in [6, 6.07) is 0. The van der Waals surface area contributed by atoms with Gasteiger partial charge in [0.2, 0.25) is 5.60 Å². The van der Waals surface area contributed by atoms with E-state index in [0.29, 0.717) is 12.5 Å². The number of carbonyl (C=O) groups is 1. The number of rotatable bonds is 1. The molecular weight excluding hydrogens is 311 g/mol. The van der Waals surface area contributed by atoms with Gasteiger partial charge in [0, 0.05) is 30.3 Å². The Bertz CT molecular complexity index is 614. The highest BCUT2D eigenvalue weighted by molar-refractivity contribution is 5.85. The molecule has 1 amide bonds. The Kier molecular flexibility index (Phi) is 4.04. The van der Waals surface area contributed by atoms with Gasteiger partial charge in [0.25, 0.3) is 5.91 Å². The third-order valence-corrected chi connectivity index (χ3v) is 4.10. The van der Waals surface area contributed by atoms with E-state index in [4.69, 9.17) is 0 Å². The molecule has 1 N–H and O–H groups in total. The summed E-state index contributed by atoms with van der Waals surface area (Å²) in [4.78, 5) is 13.2. The van der Waals surface area contributed by atoms with Crippen molar-refractivity contribution in [3.8, 4) is 0 Å². The second-order valence-electron chi connectivity index (χ2n) is 7.29. The number of amides is 1. The van der Waals surface area contributed by atoms with Gasteiger partial charge in [0.15, 0.2) is 0 Å². The van der Waals surface area contributed by atoms with Gasteiger partial charge >= 0.3 is 6.18 Å². The van der Waals surface area contributed by atoms with Crippen LogP contribution >= 0.6 is 0 Å². The number of halogens is 3. The van der Waals surface area contributed by atoms with E-state index >= 15 is 0 Å². The van der Waals surface area contributed by atoms with Crippen molar-refractivity contribution in [3.63, 3.8) is 0 Å². The Balaban J connectivity index is 2.33. The van der Waals surface area contributed by atoms with E-state index in [1.165, 1.54) is 0 Å². The first-order valence-electron chi connectivity index (χ1n) is 7.42. The molecule has 0 saturated carbocycles. The minimum absolute atomic E-state index is 0.0147. The molecular formula is C15H22F3N3O2. The zero-order valence-corrected chi connectivity index (χ0v) is 13.9. The molecule has 2 rings (SSSR count). The Morgan fingerprint density at radius 2 is 1.87 bits per heavy atom. The molecule has 1 aromatic heterocycles. The summed E-state index contributed by atoms with van der Waals surface area (Å²) < 4.78 is 40.5. The minimum Gasteiger partial charge on any atom is -0.373 e. The van der Waals surface area contributed by atoms with Crippen molar-refractivity contribution < 1.29 is 23.1 Å². The highest BCUT2D eigenvalue weighted by Gasteiger charge is 2.57. The normalized spacial score (nSPS) is 21.8. The quantitative estimate of drug-likeness (QED) is 0.858. The molecule has 2 atom stereocenters. The predicted octanol–water partition coefficient (Wildman–Crippen LogP) is 2.40. The van der Waals surface area contributed by atoms with Crippen molar-refractivity contribution in [2.75, 3.05) is 6.54 Å². The van der Waals surface area contributed by atoms with Crippen LogP contribution in [0, 0.1) is 0 Å². The van der Waals surface area contributed by atoms with Crippen molar-refractivity contribution in [2.24, 2.45) is 0 Å². The average Bonchev–Trinajstić information content (AvgIpc) is 2.80. The number of fused-ring (bicyclic) bond motifs is 1. The predicted molar refractivity (Wildman–Crippen MR) is 77.7 cm³/mol. The number of hydrogen-bond donors (Lipinski definition) is 1. The third-order valence-electron chi connectivity index (χ3n) is 4.10. The lowest BCUT2D eigenvalue weighted by Crippen LogP contribution is -2.57. The summed E-state index contributed by atoms with van der Waals surface area (Å²) in [5.41, 5.74) is -2.01. The number of carbonyl (C=O) groups excluding carboxylic acids is 1. The lowest BCUT2D eigenvalue weighted by atomic mass is 9.94. The zero-order chi connectivity index (χ0) is 17.8. The molecule has 0 aliphatic carbocycles. The smallest absolute Gasteiger partial charge is 0.373 e. The molecule has 23 heavy (non-hydrogen) atoms. The van der Waals surface area contributed by atoms with Crippen LogP contribution in [0.15, 0.2) is 6.20 Å². The van der Waals surface area contributed by atoms with Gasteiger partial charge in [-0.25, -0.2) is 0 Å². The van der Waals surface area contributed by atoms with Crippen molar-refractivity contribution >= 4 is 5.91 Å². The lowest BCUT2D eigenvalue weighted by molar-refractivity contribution is -0.250. The third kappa shape index (κ3) is 2.96. The van der Waals surface area contributed by atoms with Crippen LogP contribution in [-0.2, 0) is 16.9 Å². The summed E-state index contributed by atoms with van der Waals surface area (Å²) >= 11 is 0. The van der Waals surface area contributed by atoms with Crippen LogP contribution in [0.1, 0.15) is 51.8 Å². The van der Waals surface area contributed by atoms with E-state index < -0.39 is 17.7 Å². The van der Waals surface area contributed by atoms with Gasteiger partial charge < -0.3 is 10.0 Å². The molecule has 1 aromatic rings. The first-order chi connectivity index (χ1) is 10.3. The van der Waals surface area contributed by atoms with E-state index in [2.05, 4.69) is 5.10 Å². The summed E-state index contributed by atoms with van der Waals surface area (Å²) in [5, 5.41) is 13.9. The summed E-state index contributed by atoms with van der Waals surface area (Å²) in [7, 11) is 0. The monoisotopic (exact) mass is 333 g/mol. The Labute approximate surface area is 133 Å². The summed E-state index contributed by atoms with van der Waals surface area (Å²) in [6.07, 6.45) is -3.43. The number of nitrogens with zero attached hydrogens (tertiary/aromatic N) is 3. The molecule has 0 fully saturated rings. The molecule has 2 heterocycles. The van der Waals surface area contributed by atoms with Gasteiger partial charge in [-0.15, -0.1) is 0 Å². The average molecular weight is 333 g/mol. The van der Waals surface area contributed by atoms with Gasteiger partial charge in [0.05, 0.1) is 11.7 Å². The Morgan fingerprint density at radius 3 is 2.35 bits per heavy atom.